The van der Waals surface area contributed by atoms with Gasteiger partial charge in [0.25, 0.3) is 0 Å². The topological polar surface area (TPSA) is 77.1 Å². The Kier molecular flexibility index (Phi) is 6.08. The van der Waals surface area contributed by atoms with Crippen molar-refractivity contribution in [3.8, 4) is 5.75 Å². The molecular formula is C20H28N2O5. The summed E-state index contributed by atoms with van der Waals surface area (Å²) in [7, 11) is 0. The highest BCUT2D eigenvalue weighted by molar-refractivity contribution is 5.75. The highest BCUT2D eigenvalue weighted by Gasteiger charge is 2.45. The number of cyclic esters (lactones) is 1. The van der Waals surface area contributed by atoms with Gasteiger partial charge in [-0.1, -0.05) is 26.0 Å². The lowest BCUT2D eigenvalue weighted by Gasteiger charge is -2.36. The molecule has 0 aliphatic carbocycles. The Morgan fingerprint density at radius 2 is 1.96 bits per heavy atom. The molecule has 2 heterocycles. The zero-order valence-corrected chi connectivity index (χ0v) is 16.0. The van der Waals surface area contributed by atoms with E-state index < -0.39 is 11.8 Å². The number of likely N-dealkylation sites (tertiary alicyclic amines) is 1. The number of hydrogen-bond acceptors (Lipinski definition) is 5. The van der Waals surface area contributed by atoms with E-state index in [0.717, 1.165) is 24.2 Å². The van der Waals surface area contributed by atoms with Gasteiger partial charge in [0.05, 0.1) is 12.6 Å². The van der Waals surface area contributed by atoms with Crippen LogP contribution in [-0.2, 0) is 9.47 Å². The molecule has 0 bridgehead atoms. The molecule has 148 valence electrons. The monoisotopic (exact) mass is 376 g/mol. The van der Waals surface area contributed by atoms with Gasteiger partial charge in [0.15, 0.2) is 5.60 Å². The zero-order valence-electron chi connectivity index (χ0n) is 16.0. The van der Waals surface area contributed by atoms with Crippen molar-refractivity contribution in [2.75, 3.05) is 26.3 Å². The van der Waals surface area contributed by atoms with Gasteiger partial charge in [-0.15, -0.1) is 0 Å². The normalized spacial score (nSPS) is 19.3. The molecule has 1 aromatic rings. The van der Waals surface area contributed by atoms with Crippen LogP contribution in [-0.4, -0.2) is 49.0 Å². The van der Waals surface area contributed by atoms with Crippen LogP contribution in [0.4, 0.5) is 9.59 Å². The highest BCUT2D eigenvalue weighted by Crippen LogP contribution is 2.32. The third-order valence-corrected chi connectivity index (χ3v) is 5.18. The molecule has 0 unspecified atom stereocenters. The lowest BCUT2D eigenvalue weighted by Crippen LogP contribution is -2.51. The van der Waals surface area contributed by atoms with E-state index in [-0.39, 0.29) is 18.7 Å². The first-order valence-electron chi connectivity index (χ1n) is 9.69. The van der Waals surface area contributed by atoms with Crippen molar-refractivity contribution in [3.05, 3.63) is 29.8 Å². The van der Waals surface area contributed by atoms with E-state index >= 15 is 0 Å². The molecule has 0 radical (unpaired) electrons. The molecule has 1 spiro atoms. The summed E-state index contributed by atoms with van der Waals surface area (Å²) in [6.07, 6.45) is 2.37. The second-order valence-corrected chi connectivity index (χ2v) is 7.14. The maximum Gasteiger partial charge on any atom is 0.509 e. The van der Waals surface area contributed by atoms with Gasteiger partial charge in [-0.05, 0) is 30.5 Å². The van der Waals surface area contributed by atoms with Crippen LogP contribution >= 0.6 is 0 Å². The third-order valence-electron chi connectivity index (χ3n) is 5.18. The molecule has 3 rings (SSSR count). The second-order valence-electron chi connectivity index (χ2n) is 7.14. The lowest BCUT2D eigenvalue weighted by molar-refractivity contribution is 0.00911. The quantitative estimate of drug-likeness (QED) is 0.767. The number of rotatable bonds is 6. The minimum absolute atomic E-state index is 0.0544. The molecule has 2 aliphatic rings. The van der Waals surface area contributed by atoms with E-state index in [1.807, 2.05) is 31.2 Å². The van der Waals surface area contributed by atoms with E-state index in [4.69, 9.17) is 14.2 Å². The van der Waals surface area contributed by atoms with Crippen LogP contribution in [0.15, 0.2) is 24.3 Å². The average molecular weight is 376 g/mol. The van der Waals surface area contributed by atoms with Crippen molar-refractivity contribution in [1.29, 1.82) is 0 Å². The first-order valence-corrected chi connectivity index (χ1v) is 9.69. The van der Waals surface area contributed by atoms with Crippen molar-refractivity contribution in [2.45, 2.75) is 51.2 Å². The molecule has 7 nitrogen and oxygen atoms in total. The van der Waals surface area contributed by atoms with Crippen LogP contribution in [0.25, 0.3) is 0 Å². The van der Waals surface area contributed by atoms with Crippen molar-refractivity contribution >= 4 is 12.2 Å². The second kappa shape index (κ2) is 8.50. The van der Waals surface area contributed by atoms with E-state index in [1.54, 1.807) is 4.90 Å². The number of carbonyl (C=O) groups excluding carboxylic acids is 2. The van der Waals surface area contributed by atoms with E-state index in [9.17, 15) is 9.59 Å². The number of benzene rings is 1. The maximum absolute atomic E-state index is 12.7. The predicted molar refractivity (Wildman–Crippen MR) is 99.8 cm³/mol. The SMILES string of the molecule is CCCOc1ccc([C@@H](CC)NC(=O)N2CCC3(CC2)COC(=O)O3)cc1. The molecule has 2 aliphatic heterocycles. The number of ether oxygens (including phenoxy) is 3. The van der Waals surface area contributed by atoms with Gasteiger partial charge in [-0.25, -0.2) is 9.59 Å². The minimum atomic E-state index is -0.606. The number of hydrogen-bond donors (Lipinski definition) is 1. The summed E-state index contributed by atoms with van der Waals surface area (Å²) in [6, 6.07) is 7.74. The summed E-state index contributed by atoms with van der Waals surface area (Å²) in [4.78, 5) is 25.7. The predicted octanol–water partition coefficient (Wildman–Crippen LogP) is 3.64. The van der Waals surface area contributed by atoms with Crippen LogP contribution in [0.3, 0.4) is 0 Å². The Bertz CT molecular complexity index is 653. The number of amides is 2. The van der Waals surface area contributed by atoms with Crippen molar-refractivity contribution in [2.24, 2.45) is 0 Å². The van der Waals surface area contributed by atoms with Crippen LogP contribution in [0, 0.1) is 0 Å². The largest absolute Gasteiger partial charge is 0.509 e. The molecule has 1 aromatic carbocycles. The number of piperidine rings is 1. The summed E-state index contributed by atoms with van der Waals surface area (Å²) in [5.41, 5.74) is 0.507. The fourth-order valence-corrected chi connectivity index (χ4v) is 3.47. The molecule has 1 N–H and O–H groups in total. The summed E-state index contributed by atoms with van der Waals surface area (Å²) >= 11 is 0. The number of carbonyl (C=O) groups is 2. The minimum Gasteiger partial charge on any atom is -0.494 e. The molecule has 27 heavy (non-hydrogen) atoms. The number of nitrogens with zero attached hydrogens (tertiary/aromatic N) is 1. The first kappa shape index (κ1) is 19.3. The lowest BCUT2D eigenvalue weighted by atomic mass is 9.92. The van der Waals surface area contributed by atoms with E-state index in [2.05, 4.69) is 12.2 Å². The Balaban J connectivity index is 1.53. The van der Waals surface area contributed by atoms with E-state index in [1.165, 1.54) is 0 Å². The van der Waals surface area contributed by atoms with Crippen molar-refractivity contribution in [3.63, 3.8) is 0 Å². The molecule has 2 fully saturated rings. The zero-order chi connectivity index (χ0) is 19.3. The fraction of sp³-hybridized carbons (Fsp3) is 0.600. The third kappa shape index (κ3) is 4.64. The Morgan fingerprint density at radius 1 is 1.26 bits per heavy atom. The Morgan fingerprint density at radius 3 is 2.52 bits per heavy atom. The maximum atomic E-state index is 12.7. The van der Waals surface area contributed by atoms with Gasteiger partial charge in [-0.2, -0.15) is 0 Å². The van der Waals surface area contributed by atoms with Gasteiger partial charge in [-0.3, -0.25) is 0 Å². The summed E-state index contributed by atoms with van der Waals surface area (Å²) in [5.74, 6) is 0.844. The number of urea groups is 1. The Labute approximate surface area is 160 Å². The first-order chi connectivity index (χ1) is 13.0. The van der Waals surface area contributed by atoms with Gasteiger partial charge in [0.1, 0.15) is 12.4 Å². The standard InChI is InChI=1S/C20H28N2O5/c1-3-13-25-16-7-5-15(6-8-16)17(4-2)21-18(23)22-11-9-20(10-12-22)14-26-19(24)27-20/h5-8,17H,3-4,9-14H2,1-2H3,(H,21,23)/t17-/m1/s1. The van der Waals surface area contributed by atoms with Gasteiger partial charge in [0, 0.05) is 25.9 Å². The Hall–Kier alpha value is -2.44. The van der Waals surface area contributed by atoms with Gasteiger partial charge in [0.2, 0.25) is 0 Å². The van der Waals surface area contributed by atoms with E-state index in [0.29, 0.717) is 32.5 Å². The molecule has 0 saturated carbocycles. The molecular weight excluding hydrogens is 348 g/mol. The molecule has 1 atom stereocenters. The summed E-state index contributed by atoms with van der Waals surface area (Å²) < 4.78 is 15.8. The fourth-order valence-electron chi connectivity index (χ4n) is 3.47. The smallest absolute Gasteiger partial charge is 0.494 e. The molecule has 2 saturated heterocycles. The number of nitrogens with one attached hydrogen (secondary N) is 1. The van der Waals surface area contributed by atoms with Crippen molar-refractivity contribution in [1.82, 2.24) is 10.2 Å². The van der Waals surface area contributed by atoms with Gasteiger partial charge < -0.3 is 24.4 Å². The molecule has 0 aromatic heterocycles. The van der Waals surface area contributed by atoms with Crippen LogP contribution < -0.4 is 10.1 Å². The molecule has 2 amide bonds. The van der Waals surface area contributed by atoms with Crippen molar-refractivity contribution < 1.29 is 23.8 Å². The van der Waals surface area contributed by atoms with Crippen LogP contribution in [0.1, 0.15) is 51.1 Å². The highest BCUT2D eigenvalue weighted by atomic mass is 16.8. The average Bonchev–Trinajstić information content (AvgIpc) is 3.05. The summed E-state index contributed by atoms with van der Waals surface area (Å²) in [6.45, 7) is 6.19. The van der Waals surface area contributed by atoms with Gasteiger partial charge >= 0.3 is 12.2 Å². The molecule has 7 heteroatoms. The van der Waals surface area contributed by atoms with Crippen LogP contribution in [0.2, 0.25) is 0 Å². The van der Waals surface area contributed by atoms with Crippen LogP contribution in [0.5, 0.6) is 5.75 Å². The summed E-state index contributed by atoms with van der Waals surface area (Å²) in [5, 5.41) is 3.11.